The van der Waals surface area contributed by atoms with Gasteiger partial charge in [0.25, 0.3) is 0 Å². The van der Waals surface area contributed by atoms with Gasteiger partial charge in [0.1, 0.15) is 11.8 Å². The van der Waals surface area contributed by atoms with E-state index in [2.05, 4.69) is 10.6 Å². The average molecular weight is 527 g/mol. The van der Waals surface area contributed by atoms with Crippen molar-refractivity contribution in [2.24, 2.45) is 17.2 Å². The number of benzene rings is 2. The number of nitrogens with zero attached hydrogens (tertiary/aromatic N) is 1. The number of carbonyl (C=O) groups excluding carboxylic acids is 3. The van der Waals surface area contributed by atoms with Crippen LogP contribution in [0.4, 0.5) is 0 Å². The number of methoxy groups -OCH3 is 1. The largest absolute Gasteiger partial charge is 0.496 e. The quantitative estimate of drug-likeness (QED) is 0.212. The number of carbonyl (C=O) groups is 3. The predicted molar refractivity (Wildman–Crippen MR) is 148 cm³/mol. The van der Waals surface area contributed by atoms with Gasteiger partial charge in [-0.3, -0.25) is 14.4 Å². The molecule has 10 heteroatoms. The Morgan fingerprint density at radius 2 is 1.66 bits per heavy atom. The molecule has 0 heterocycles. The van der Waals surface area contributed by atoms with Crippen molar-refractivity contribution in [3.05, 3.63) is 65.2 Å². The molecular weight excluding hydrogens is 484 g/mol. The monoisotopic (exact) mass is 526 g/mol. The lowest BCUT2D eigenvalue weighted by molar-refractivity contribution is -0.135. The smallest absolute Gasteiger partial charge is 0.242 e. The number of nitrogens with two attached hydrogens (primary N) is 3. The van der Waals surface area contributed by atoms with Crippen molar-refractivity contribution in [2.45, 2.75) is 51.2 Å². The second-order valence-electron chi connectivity index (χ2n) is 9.07. The first-order chi connectivity index (χ1) is 18.3. The maximum absolute atomic E-state index is 13.2. The molecule has 2 unspecified atom stereocenters. The van der Waals surface area contributed by atoms with Crippen molar-refractivity contribution in [1.29, 1.82) is 0 Å². The summed E-state index contributed by atoms with van der Waals surface area (Å²) >= 11 is 0. The van der Waals surface area contributed by atoms with Gasteiger partial charge < -0.3 is 37.5 Å². The van der Waals surface area contributed by atoms with Crippen LogP contribution in [0, 0.1) is 0 Å². The third-order valence-electron chi connectivity index (χ3n) is 6.27. The molecule has 8 N–H and O–H groups in total. The molecule has 0 radical (unpaired) electrons. The highest BCUT2D eigenvalue weighted by Gasteiger charge is 2.26. The highest BCUT2D eigenvalue weighted by atomic mass is 16.5. The number of hydrogen-bond acceptors (Lipinski definition) is 7. The topological polar surface area (TPSA) is 166 Å². The average Bonchev–Trinajstić information content (AvgIpc) is 2.93. The zero-order chi connectivity index (χ0) is 27.9. The van der Waals surface area contributed by atoms with Gasteiger partial charge in [-0.2, -0.15) is 0 Å². The second-order valence-corrected chi connectivity index (χ2v) is 9.07. The first-order valence-corrected chi connectivity index (χ1v) is 13.0. The van der Waals surface area contributed by atoms with Gasteiger partial charge in [-0.25, -0.2) is 0 Å². The third kappa shape index (κ3) is 9.77. The summed E-state index contributed by atoms with van der Waals surface area (Å²) in [4.78, 5) is 40.2. The van der Waals surface area contributed by atoms with E-state index in [1.165, 1.54) is 4.90 Å². The van der Waals surface area contributed by atoms with Gasteiger partial charge in [0.15, 0.2) is 0 Å². The van der Waals surface area contributed by atoms with E-state index in [4.69, 9.17) is 21.9 Å². The number of ether oxygens (including phenoxy) is 1. The molecule has 208 valence electrons. The molecule has 0 aliphatic heterocycles. The minimum absolute atomic E-state index is 0.204. The van der Waals surface area contributed by atoms with Crippen molar-refractivity contribution in [3.8, 4) is 5.75 Å². The molecule has 0 saturated heterocycles. The van der Waals surface area contributed by atoms with E-state index in [9.17, 15) is 14.4 Å². The summed E-state index contributed by atoms with van der Waals surface area (Å²) in [6.07, 6.45) is 1.55. The lowest BCUT2D eigenvalue weighted by atomic mass is 10.0. The van der Waals surface area contributed by atoms with E-state index in [1.807, 2.05) is 55.5 Å². The van der Waals surface area contributed by atoms with E-state index in [-0.39, 0.29) is 31.3 Å². The first-order valence-electron chi connectivity index (χ1n) is 13.0. The van der Waals surface area contributed by atoms with E-state index in [1.54, 1.807) is 7.11 Å². The Morgan fingerprint density at radius 1 is 0.974 bits per heavy atom. The van der Waals surface area contributed by atoms with E-state index in [0.717, 1.165) is 28.9 Å². The van der Waals surface area contributed by atoms with Crippen LogP contribution >= 0.6 is 0 Å². The Kier molecular flexibility index (Phi) is 13.3. The van der Waals surface area contributed by atoms with Gasteiger partial charge in [0, 0.05) is 32.7 Å². The first kappa shape index (κ1) is 30.8. The zero-order valence-corrected chi connectivity index (χ0v) is 22.4. The van der Waals surface area contributed by atoms with Crippen LogP contribution in [-0.4, -0.2) is 68.0 Å². The fraction of sp³-hybridized carbons (Fsp3) is 0.464. The number of aryl methyl sites for hydroxylation is 2. The Hall–Kier alpha value is -3.47. The van der Waals surface area contributed by atoms with Crippen LogP contribution in [0.5, 0.6) is 5.75 Å². The van der Waals surface area contributed by atoms with E-state index < -0.39 is 18.0 Å². The molecule has 10 nitrogen and oxygen atoms in total. The second kappa shape index (κ2) is 16.4. The normalized spacial score (nSPS) is 12.3. The molecule has 2 rings (SSSR count). The number of hydrogen-bond donors (Lipinski definition) is 5. The van der Waals surface area contributed by atoms with Gasteiger partial charge in [-0.05, 0) is 42.0 Å². The van der Waals surface area contributed by atoms with Crippen molar-refractivity contribution in [3.63, 3.8) is 0 Å². The predicted octanol–water partition coefficient (Wildman–Crippen LogP) is 0.455. The summed E-state index contributed by atoms with van der Waals surface area (Å²) in [5, 5.41) is 5.68. The van der Waals surface area contributed by atoms with Gasteiger partial charge >= 0.3 is 0 Å². The van der Waals surface area contributed by atoms with Crippen molar-refractivity contribution < 1.29 is 19.1 Å². The van der Waals surface area contributed by atoms with E-state index >= 15 is 0 Å². The van der Waals surface area contributed by atoms with Crippen molar-refractivity contribution in [1.82, 2.24) is 15.5 Å². The summed E-state index contributed by atoms with van der Waals surface area (Å²) in [6.45, 7) is 3.56. The van der Waals surface area contributed by atoms with Crippen LogP contribution in [0.15, 0.2) is 48.5 Å². The molecule has 0 fully saturated rings. The van der Waals surface area contributed by atoms with Crippen LogP contribution in [0.3, 0.4) is 0 Å². The van der Waals surface area contributed by atoms with E-state index in [0.29, 0.717) is 32.5 Å². The highest BCUT2D eigenvalue weighted by Crippen LogP contribution is 2.20. The molecular formula is C28H42N6O4. The molecule has 0 spiro atoms. The molecule has 2 aromatic carbocycles. The SMILES string of the molecule is CCc1cc(CNC(=O)C(CCc2ccccc2)NC(=O)C(N)CC(=O)N(CCN)CCN)ccc1OC. The van der Waals surface area contributed by atoms with Crippen LogP contribution in [-0.2, 0) is 33.8 Å². The summed E-state index contributed by atoms with van der Waals surface area (Å²) in [6, 6.07) is 13.5. The molecule has 0 bridgehead atoms. The Bertz CT molecular complexity index is 1030. The van der Waals surface area contributed by atoms with Crippen LogP contribution in [0.1, 0.15) is 36.5 Å². The Morgan fingerprint density at radius 3 is 2.26 bits per heavy atom. The van der Waals surface area contributed by atoms with Crippen LogP contribution in [0.2, 0.25) is 0 Å². The number of rotatable bonds is 16. The fourth-order valence-electron chi connectivity index (χ4n) is 4.12. The standard InChI is InChI=1S/C28H42N6O4/c1-3-22-17-21(10-12-25(22)38-2)19-32-28(37)24(11-9-20-7-5-4-6-8-20)33-27(36)23(31)18-26(35)34(15-13-29)16-14-30/h4-8,10,12,17,23-24H,3,9,11,13-16,18-19,29-31H2,1-2H3,(H,32,37)(H,33,36). The molecule has 0 aliphatic rings. The minimum Gasteiger partial charge on any atom is -0.496 e. The molecule has 2 aromatic rings. The van der Waals surface area contributed by atoms with Crippen molar-refractivity contribution in [2.75, 3.05) is 33.3 Å². The van der Waals surface area contributed by atoms with Gasteiger partial charge in [-0.15, -0.1) is 0 Å². The molecule has 0 aromatic heterocycles. The lowest BCUT2D eigenvalue weighted by Gasteiger charge is -2.24. The minimum atomic E-state index is -1.11. The fourth-order valence-corrected chi connectivity index (χ4v) is 4.12. The molecule has 0 aliphatic carbocycles. The maximum atomic E-state index is 13.2. The summed E-state index contributed by atoms with van der Waals surface area (Å²) in [5.41, 5.74) is 20.2. The molecule has 2 atom stereocenters. The summed E-state index contributed by atoms with van der Waals surface area (Å²) < 4.78 is 5.38. The lowest BCUT2D eigenvalue weighted by Crippen LogP contribution is -2.53. The third-order valence-corrected chi connectivity index (χ3v) is 6.27. The van der Waals surface area contributed by atoms with Crippen LogP contribution < -0.4 is 32.6 Å². The van der Waals surface area contributed by atoms with Gasteiger partial charge in [0.05, 0.1) is 19.6 Å². The molecule has 3 amide bonds. The summed E-state index contributed by atoms with van der Waals surface area (Å²) in [7, 11) is 1.63. The van der Waals surface area contributed by atoms with Gasteiger partial charge in [-0.1, -0.05) is 49.4 Å². The Labute approximate surface area is 225 Å². The number of nitrogens with one attached hydrogen (secondary N) is 2. The maximum Gasteiger partial charge on any atom is 0.242 e. The zero-order valence-electron chi connectivity index (χ0n) is 22.4. The van der Waals surface area contributed by atoms with Gasteiger partial charge in [0.2, 0.25) is 17.7 Å². The highest BCUT2D eigenvalue weighted by molar-refractivity contribution is 5.92. The number of amides is 3. The Balaban J connectivity index is 2.07. The summed E-state index contributed by atoms with van der Waals surface area (Å²) in [5.74, 6) is -0.394. The van der Waals surface area contributed by atoms with Crippen LogP contribution in [0.25, 0.3) is 0 Å². The molecule has 0 saturated carbocycles. The van der Waals surface area contributed by atoms with Crippen molar-refractivity contribution >= 4 is 17.7 Å². The molecule has 38 heavy (non-hydrogen) atoms.